The van der Waals surface area contributed by atoms with Gasteiger partial charge in [0.05, 0.1) is 29.0 Å². The molecule has 1 aliphatic rings. The van der Waals surface area contributed by atoms with Crippen LogP contribution in [0, 0.1) is 6.92 Å². The number of aryl methyl sites for hydroxylation is 2. The first-order chi connectivity index (χ1) is 20.9. The van der Waals surface area contributed by atoms with Crippen LogP contribution in [0.5, 0.6) is 0 Å². The topological polar surface area (TPSA) is 75.9 Å². The van der Waals surface area contributed by atoms with E-state index >= 15 is 0 Å². The number of nitrogen functional groups attached to an aromatic ring is 1. The molecule has 0 aliphatic heterocycles. The Labute approximate surface area is 255 Å². The van der Waals surface area contributed by atoms with E-state index in [1.165, 1.54) is 29.5 Å². The maximum absolute atomic E-state index is 6.39. The number of anilines is 2. The Kier molecular flexibility index (Phi) is 9.02. The van der Waals surface area contributed by atoms with Crippen LogP contribution in [0.2, 0.25) is 0 Å². The summed E-state index contributed by atoms with van der Waals surface area (Å²) in [5, 5.41) is 6.84. The fourth-order valence-electron chi connectivity index (χ4n) is 5.44. The number of nitrogens with two attached hydrogens (primary N) is 1. The van der Waals surface area contributed by atoms with Gasteiger partial charge in [-0.25, -0.2) is 0 Å². The number of nitrogens with zero attached hydrogens (tertiary/aromatic N) is 2. The Morgan fingerprint density at radius 1 is 1.00 bits per heavy atom. The third-order valence-corrected chi connectivity index (χ3v) is 7.88. The van der Waals surface area contributed by atoms with Crippen molar-refractivity contribution in [1.29, 1.82) is 0 Å². The van der Waals surface area contributed by atoms with Gasteiger partial charge in [-0.05, 0) is 90.8 Å². The van der Waals surface area contributed by atoms with Crippen LogP contribution in [0.4, 0.5) is 11.4 Å². The lowest BCUT2D eigenvalue weighted by atomic mass is 9.98. The predicted molar refractivity (Wildman–Crippen MR) is 182 cm³/mol. The Morgan fingerprint density at radius 3 is 2.56 bits per heavy atom. The molecule has 2 aromatic heterocycles. The number of benzene rings is 2. The van der Waals surface area contributed by atoms with Crippen LogP contribution >= 0.6 is 0 Å². The van der Waals surface area contributed by atoms with Gasteiger partial charge in [-0.3, -0.25) is 9.97 Å². The molecule has 0 amide bonds. The maximum atomic E-state index is 6.39. The maximum Gasteiger partial charge on any atom is 0.0704 e. The summed E-state index contributed by atoms with van der Waals surface area (Å²) in [6.45, 7) is 16.6. The molecular weight excluding hydrogens is 526 g/mol. The first kappa shape index (κ1) is 29.3. The number of fused-ring (bicyclic) bond motifs is 1. The van der Waals surface area contributed by atoms with E-state index in [1.807, 2.05) is 73.9 Å². The van der Waals surface area contributed by atoms with Gasteiger partial charge in [-0.1, -0.05) is 74.3 Å². The molecule has 4 aromatic rings. The summed E-state index contributed by atoms with van der Waals surface area (Å²) >= 11 is 0. The highest BCUT2D eigenvalue weighted by Crippen LogP contribution is 2.32. The summed E-state index contributed by atoms with van der Waals surface area (Å²) in [6.07, 6.45) is 13.6. The van der Waals surface area contributed by atoms with Crippen molar-refractivity contribution in [2.24, 2.45) is 0 Å². The fraction of sp³-hybridized carbons (Fsp3) is 0.158. The standard InChI is InChI=1S/C38H39N5/c1-6-28(22-33(7-2)42-27(5)29-12-9-8-10-13-29)36-19-18-35(39)37(43-36)20-25(3)41-38-24-40-23-34(26(38)4)32-17-16-30-14-11-15-31(30)21-32/h6-10,12-13,16-19,21-24,41-42H,2-3,5,11,14-15,20,39H2,1,4H3/b28-6+,33-22+. The molecule has 5 rings (SSSR count). The highest BCUT2D eigenvalue weighted by atomic mass is 14.9. The molecule has 0 unspecified atom stereocenters. The molecule has 0 spiro atoms. The number of hydrogen-bond donors (Lipinski definition) is 3. The Morgan fingerprint density at radius 2 is 1.79 bits per heavy atom. The van der Waals surface area contributed by atoms with E-state index in [-0.39, 0.29) is 0 Å². The van der Waals surface area contributed by atoms with E-state index in [0.717, 1.165) is 62.9 Å². The normalized spacial score (nSPS) is 12.9. The molecule has 1 aliphatic carbocycles. The third-order valence-electron chi connectivity index (χ3n) is 7.88. The lowest BCUT2D eigenvalue weighted by Gasteiger charge is -2.16. The minimum absolute atomic E-state index is 0.472. The smallest absolute Gasteiger partial charge is 0.0704 e. The van der Waals surface area contributed by atoms with E-state index in [9.17, 15) is 0 Å². The number of pyridine rings is 2. The van der Waals surface area contributed by atoms with Gasteiger partial charge in [0.15, 0.2) is 0 Å². The van der Waals surface area contributed by atoms with Gasteiger partial charge in [-0.15, -0.1) is 0 Å². The van der Waals surface area contributed by atoms with Crippen molar-refractivity contribution < 1.29 is 0 Å². The molecule has 5 heteroatoms. The zero-order valence-electron chi connectivity index (χ0n) is 25.1. The molecule has 2 aromatic carbocycles. The van der Waals surface area contributed by atoms with E-state index in [0.29, 0.717) is 12.1 Å². The monoisotopic (exact) mass is 565 g/mol. The van der Waals surface area contributed by atoms with Crippen molar-refractivity contribution in [2.45, 2.75) is 39.5 Å². The largest absolute Gasteiger partial charge is 0.397 e. The van der Waals surface area contributed by atoms with Crippen LogP contribution in [-0.4, -0.2) is 9.97 Å². The van der Waals surface area contributed by atoms with Crippen LogP contribution in [-0.2, 0) is 19.3 Å². The van der Waals surface area contributed by atoms with E-state index in [1.54, 1.807) is 6.08 Å². The number of hydrogen-bond acceptors (Lipinski definition) is 5. The molecule has 5 nitrogen and oxygen atoms in total. The Balaban J connectivity index is 1.32. The number of rotatable bonds is 11. The van der Waals surface area contributed by atoms with Crippen molar-refractivity contribution in [3.8, 4) is 11.1 Å². The molecule has 0 atom stereocenters. The molecule has 43 heavy (non-hydrogen) atoms. The molecule has 0 radical (unpaired) electrons. The second-order valence-electron chi connectivity index (χ2n) is 10.9. The van der Waals surface area contributed by atoms with Gasteiger partial charge < -0.3 is 16.4 Å². The van der Waals surface area contributed by atoms with Gasteiger partial charge in [0, 0.05) is 35.3 Å². The lowest BCUT2D eigenvalue weighted by Crippen LogP contribution is -2.10. The molecule has 2 heterocycles. The number of nitrogens with one attached hydrogen (secondary N) is 2. The number of aromatic nitrogens is 2. The van der Waals surface area contributed by atoms with Crippen LogP contribution < -0.4 is 16.4 Å². The quantitative estimate of drug-likeness (QED) is 0.159. The van der Waals surface area contributed by atoms with E-state index in [4.69, 9.17) is 10.7 Å². The van der Waals surface area contributed by atoms with Gasteiger partial charge in [0.2, 0.25) is 0 Å². The lowest BCUT2D eigenvalue weighted by molar-refractivity contribution is 0.912. The van der Waals surface area contributed by atoms with E-state index in [2.05, 4.69) is 60.5 Å². The Bertz CT molecular complexity index is 1740. The highest BCUT2D eigenvalue weighted by molar-refractivity contribution is 5.76. The second kappa shape index (κ2) is 13.2. The highest BCUT2D eigenvalue weighted by Gasteiger charge is 2.15. The van der Waals surface area contributed by atoms with Crippen LogP contribution in [0.15, 0.2) is 122 Å². The average molecular weight is 566 g/mol. The predicted octanol–water partition coefficient (Wildman–Crippen LogP) is 8.42. The third kappa shape index (κ3) is 6.84. The molecule has 216 valence electrons. The molecule has 0 saturated carbocycles. The molecule has 0 fully saturated rings. The Hall–Kier alpha value is -5.16. The first-order valence-electron chi connectivity index (χ1n) is 14.7. The summed E-state index contributed by atoms with van der Waals surface area (Å²) in [5.41, 5.74) is 20.2. The zero-order valence-corrected chi connectivity index (χ0v) is 25.1. The molecule has 0 bridgehead atoms. The summed E-state index contributed by atoms with van der Waals surface area (Å²) in [5.74, 6) is 0. The second-order valence-corrected chi connectivity index (χ2v) is 10.9. The van der Waals surface area contributed by atoms with Gasteiger partial charge in [-0.2, -0.15) is 0 Å². The average Bonchev–Trinajstić information content (AvgIpc) is 3.50. The van der Waals surface area contributed by atoms with E-state index < -0.39 is 0 Å². The minimum atomic E-state index is 0.472. The van der Waals surface area contributed by atoms with Crippen molar-refractivity contribution in [2.75, 3.05) is 11.1 Å². The van der Waals surface area contributed by atoms with Gasteiger partial charge in [0.1, 0.15) is 0 Å². The summed E-state index contributed by atoms with van der Waals surface area (Å²) in [7, 11) is 0. The van der Waals surface area contributed by atoms with Gasteiger partial charge in [0.25, 0.3) is 0 Å². The van der Waals surface area contributed by atoms with Crippen molar-refractivity contribution in [3.05, 3.63) is 156 Å². The summed E-state index contributed by atoms with van der Waals surface area (Å²) < 4.78 is 0. The van der Waals surface area contributed by atoms with Crippen LogP contribution in [0.3, 0.4) is 0 Å². The fourth-order valence-corrected chi connectivity index (χ4v) is 5.44. The number of allylic oxidation sites excluding steroid dienone is 5. The molecule has 4 N–H and O–H groups in total. The SMILES string of the molecule is C=C/C(=C\C(=C/C)c1ccc(N)c(CC(=C)Nc2cncc(-c3ccc4c(c3)CCC4)c2C)n1)NC(=C)c1ccccc1. The van der Waals surface area contributed by atoms with Crippen molar-refractivity contribution in [1.82, 2.24) is 15.3 Å². The van der Waals surface area contributed by atoms with Crippen LogP contribution in [0.25, 0.3) is 22.4 Å². The summed E-state index contributed by atoms with van der Waals surface area (Å²) in [4.78, 5) is 9.47. The van der Waals surface area contributed by atoms with Gasteiger partial charge >= 0.3 is 0 Å². The van der Waals surface area contributed by atoms with Crippen molar-refractivity contribution >= 4 is 22.6 Å². The first-order valence-corrected chi connectivity index (χ1v) is 14.7. The summed E-state index contributed by atoms with van der Waals surface area (Å²) in [6, 6.07) is 20.6. The van der Waals surface area contributed by atoms with Crippen LogP contribution in [0.1, 0.15) is 47.0 Å². The molecule has 0 saturated heterocycles. The molecular formula is C38H39N5. The minimum Gasteiger partial charge on any atom is -0.397 e. The zero-order chi connectivity index (χ0) is 30.3. The van der Waals surface area contributed by atoms with Crippen molar-refractivity contribution in [3.63, 3.8) is 0 Å².